The maximum absolute atomic E-state index is 6.59. The van der Waals surface area contributed by atoms with Crippen LogP contribution in [0.15, 0.2) is 46.1 Å². The molecule has 4 rings (SSSR count). The van der Waals surface area contributed by atoms with Gasteiger partial charge in [-0.2, -0.15) is 5.10 Å². The highest BCUT2D eigenvalue weighted by atomic mass is 35.5. The first-order valence-electron chi connectivity index (χ1n) is 11.4. The van der Waals surface area contributed by atoms with Gasteiger partial charge in [0.25, 0.3) is 0 Å². The number of aliphatic imine (C=N–C) groups is 2. The number of fused-ring (bicyclic) bond motifs is 1. The average molecular weight is 483 g/mol. The molecule has 0 radical (unpaired) electrons. The largest absolute Gasteiger partial charge is 0.470 e. The van der Waals surface area contributed by atoms with Crippen LogP contribution in [-0.4, -0.2) is 65.0 Å². The van der Waals surface area contributed by atoms with E-state index in [4.69, 9.17) is 21.3 Å². The molecule has 3 heterocycles. The summed E-state index contributed by atoms with van der Waals surface area (Å²) in [6.45, 7) is 12.5. The lowest BCUT2D eigenvalue weighted by Gasteiger charge is -2.34. The van der Waals surface area contributed by atoms with Crippen molar-refractivity contribution in [2.45, 2.75) is 33.2 Å². The van der Waals surface area contributed by atoms with Crippen LogP contribution < -0.4 is 15.4 Å². The highest BCUT2D eigenvalue weighted by molar-refractivity contribution is 6.37. The molecule has 1 aliphatic heterocycles. The maximum atomic E-state index is 6.59. The summed E-state index contributed by atoms with van der Waals surface area (Å²) in [6, 6.07) is 8.13. The van der Waals surface area contributed by atoms with Gasteiger partial charge in [0.2, 0.25) is 0 Å². The number of aromatic amines is 2. The van der Waals surface area contributed by atoms with Crippen molar-refractivity contribution in [2.24, 2.45) is 9.98 Å². The molecular formula is C24H31ClN8O. The van der Waals surface area contributed by atoms with Crippen molar-refractivity contribution in [3.05, 3.63) is 52.6 Å². The number of piperazine rings is 1. The van der Waals surface area contributed by atoms with Gasteiger partial charge in [0.15, 0.2) is 12.5 Å². The van der Waals surface area contributed by atoms with Gasteiger partial charge in [-0.3, -0.25) is 5.10 Å². The Morgan fingerprint density at radius 3 is 2.94 bits per heavy atom. The van der Waals surface area contributed by atoms with E-state index in [1.54, 1.807) is 0 Å². The van der Waals surface area contributed by atoms with Crippen molar-refractivity contribution in [3.8, 4) is 5.75 Å². The predicted molar refractivity (Wildman–Crippen MR) is 139 cm³/mol. The predicted octanol–water partition coefficient (Wildman–Crippen LogP) is 4.23. The van der Waals surface area contributed by atoms with Crippen molar-refractivity contribution in [1.29, 1.82) is 0 Å². The van der Waals surface area contributed by atoms with E-state index < -0.39 is 0 Å². The Balaban J connectivity index is 1.56. The second kappa shape index (κ2) is 10.8. The highest BCUT2D eigenvalue weighted by Crippen LogP contribution is 2.33. The summed E-state index contributed by atoms with van der Waals surface area (Å²) in [5.41, 5.74) is 2.98. The van der Waals surface area contributed by atoms with E-state index >= 15 is 0 Å². The van der Waals surface area contributed by atoms with E-state index in [-0.39, 0.29) is 6.73 Å². The number of ether oxygens (including phenoxy) is 1. The van der Waals surface area contributed by atoms with E-state index in [0.29, 0.717) is 28.5 Å². The number of anilines is 1. The van der Waals surface area contributed by atoms with Crippen LogP contribution in [0.5, 0.6) is 5.75 Å². The SMILES string of the molecule is C=N/C(=C\C(=N/COc1ccc2[nH]c(C)cc2c1Cl)N1CCNC(CC)C1)Nc1cc(C)[nH]n1. The summed E-state index contributed by atoms with van der Waals surface area (Å²) < 4.78 is 5.98. The van der Waals surface area contributed by atoms with Crippen LogP contribution in [0.3, 0.4) is 0 Å². The number of hydrogen-bond donors (Lipinski definition) is 4. The van der Waals surface area contributed by atoms with Gasteiger partial charge < -0.3 is 25.3 Å². The molecule has 1 atom stereocenters. The van der Waals surface area contributed by atoms with Gasteiger partial charge in [-0.25, -0.2) is 9.98 Å². The Hall–Kier alpha value is -3.30. The van der Waals surface area contributed by atoms with Gasteiger partial charge >= 0.3 is 0 Å². The number of rotatable bonds is 8. The fourth-order valence-corrected chi connectivity index (χ4v) is 4.24. The number of aromatic nitrogens is 3. The van der Waals surface area contributed by atoms with E-state index in [9.17, 15) is 0 Å². The molecular weight excluding hydrogens is 452 g/mol. The fourth-order valence-electron chi connectivity index (χ4n) is 3.97. The lowest BCUT2D eigenvalue weighted by Crippen LogP contribution is -2.52. The number of aryl methyl sites for hydroxylation is 2. The van der Waals surface area contributed by atoms with Crippen LogP contribution in [0, 0.1) is 13.8 Å². The van der Waals surface area contributed by atoms with Crippen molar-refractivity contribution in [2.75, 3.05) is 31.7 Å². The number of hydrogen-bond acceptors (Lipinski definition) is 6. The fraction of sp³-hybridized carbons (Fsp3) is 0.375. The Kier molecular flexibility index (Phi) is 7.54. The van der Waals surface area contributed by atoms with Crippen molar-refractivity contribution < 1.29 is 4.74 Å². The lowest BCUT2D eigenvalue weighted by molar-refractivity contribution is 0.281. The Labute approximate surface area is 204 Å². The van der Waals surface area contributed by atoms with Crippen LogP contribution in [0.2, 0.25) is 5.02 Å². The monoisotopic (exact) mass is 482 g/mol. The van der Waals surface area contributed by atoms with Crippen LogP contribution in [-0.2, 0) is 0 Å². The summed E-state index contributed by atoms with van der Waals surface area (Å²) in [6.07, 6.45) is 2.91. The zero-order valence-corrected chi connectivity index (χ0v) is 20.5. The van der Waals surface area contributed by atoms with Gasteiger partial charge in [0.05, 0.1) is 5.02 Å². The third-order valence-electron chi connectivity index (χ3n) is 5.75. The molecule has 1 unspecified atom stereocenters. The molecule has 3 aromatic rings. The van der Waals surface area contributed by atoms with Gasteiger partial charge in [-0.1, -0.05) is 18.5 Å². The Morgan fingerprint density at radius 1 is 1.35 bits per heavy atom. The van der Waals surface area contributed by atoms with Crippen molar-refractivity contribution in [1.82, 2.24) is 25.4 Å². The Morgan fingerprint density at radius 2 is 2.21 bits per heavy atom. The maximum Gasteiger partial charge on any atom is 0.181 e. The molecule has 180 valence electrons. The van der Waals surface area contributed by atoms with Gasteiger partial charge in [0, 0.05) is 60.1 Å². The summed E-state index contributed by atoms with van der Waals surface area (Å²) >= 11 is 6.59. The smallest absolute Gasteiger partial charge is 0.181 e. The van der Waals surface area contributed by atoms with Crippen LogP contribution in [0.4, 0.5) is 5.82 Å². The topological polar surface area (TPSA) is 106 Å². The second-order valence-corrected chi connectivity index (χ2v) is 8.71. The summed E-state index contributed by atoms with van der Waals surface area (Å²) in [5, 5.41) is 15.4. The first-order chi connectivity index (χ1) is 16.5. The zero-order valence-electron chi connectivity index (χ0n) is 19.8. The van der Waals surface area contributed by atoms with Gasteiger partial charge in [-0.05, 0) is 45.2 Å². The molecule has 0 amide bonds. The molecule has 10 heteroatoms. The minimum absolute atomic E-state index is 0.118. The van der Waals surface area contributed by atoms with Crippen LogP contribution >= 0.6 is 11.6 Å². The normalized spacial score (nSPS) is 17.3. The minimum Gasteiger partial charge on any atom is -0.470 e. The molecule has 4 N–H and O–H groups in total. The number of benzene rings is 1. The summed E-state index contributed by atoms with van der Waals surface area (Å²) in [7, 11) is 0. The third-order valence-corrected chi connectivity index (χ3v) is 6.14. The molecule has 34 heavy (non-hydrogen) atoms. The molecule has 0 aliphatic carbocycles. The van der Waals surface area contributed by atoms with Crippen molar-refractivity contribution >= 4 is 40.9 Å². The number of nitrogens with one attached hydrogen (secondary N) is 4. The number of halogens is 1. The molecule has 0 saturated carbocycles. The standard InChI is InChI=1S/C24H31ClN8O/c1-5-17-13-33(9-8-27-17)23(12-21(26-4)30-22-11-16(3)31-32-22)28-14-34-20-7-6-19-18(24(20)25)10-15(2)29-19/h6-7,10-12,17,27,29H,4-5,8-9,13-14H2,1-3H3,(H2,30,31,32)/b21-12+,28-23+. The van der Waals surface area contributed by atoms with E-state index in [1.807, 2.05) is 44.2 Å². The minimum atomic E-state index is 0.118. The molecule has 1 aromatic carbocycles. The lowest BCUT2D eigenvalue weighted by atomic mass is 10.1. The first-order valence-corrected chi connectivity index (χ1v) is 11.8. The Bertz CT molecular complexity index is 1210. The number of H-pyrrole nitrogens is 2. The number of amidine groups is 1. The highest BCUT2D eigenvalue weighted by Gasteiger charge is 2.20. The van der Waals surface area contributed by atoms with Crippen LogP contribution in [0.1, 0.15) is 24.7 Å². The average Bonchev–Trinajstić information content (AvgIpc) is 3.43. The van der Waals surface area contributed by atoms with Gasteiger partial charge in [0.1, 0.15) is 17.4 Å². The van der Waals surface area contributed by atoms with Gasteiger partial charge in [-0.15, -0.1) is 0 Å². The van der Waals surface area contributed by atoms with E-state index in [0.717, 1.165) is 54.2 Å². The molecule has 9 nitrogen and oxygen atoms in total. The quantitative estimate of drug-likeness (QED) is 0.284. The molecule has 1 aliphatic rings. The molecule has 1 saturated heterocycles. The van der Waals surface area contributed by atoms with Crippen LogP contribution in [0.25, 0.3) is 10.9 Å². The zero-order chi connectivity index (χ0) is 24.1. The first kappa shape index (κ1) is 23.8. The molecule has 2 aromatic heterocycles. The third kappa shape index (κ3) is 5.60. The van der Waals surface area contributed by atoms with Crippen molar-refractivity contribution in [3.63, 3.8) is 0 Å². The van der Waals surface area contributed by atoms with E-state index in [2.05, 4.69) is 49.3 Å². The molecule has 0 spiro atoms. The number of nitrogens with zero attached hydrogens (tertiary/aromatic N) is 4. The molecule has 0 bridgehead atoms. The molecule has 1 fully saturated rings. The summed E-state index contributed by atoms with van der Waals surface area (Å²) in [4.78, 5) is 14.4. The summed E-state index contributed by atoms with van der Waals surface area (Å²) in [5.74, 6) is 2.58. The van der Waals surface area contributed by atoms with E-state index in [1.165, 1.54) is 0 Å². The second-order valence-electron chi connectivity index (χ2n) is 8.34.